The summed E-state index contributed by atoms with van der Waals surface area (Å²) in [4.78, 5) is 23.0. The van der Waals surface area contributed by atoms with Gasteiger partial charge in [-0.2, -0.15) is 0 Å². The van der Waals surface area contributed by atoms with Crippen molar-refractivity contribution < 1.29 is 14.7 Å². The number of nitrogens with one attached hydrogen (secondary N) is 3. The third kappa shape index (κ3) is 6.39. The van der Waals surface area contributed by atoms with E-state index in [0.29, 0.717) is 6.54 Å². The van der Waals surface area contributed by atoms with Crippen LogP contribution in [0.4, 0.5) is 4.79 Å². The quantitative estimate of drug-likeness (QED) is 0.584. The van der Waals surface area contributed by atoms with Gasteiger partial charge >= 0.3 is 12.0 Å². The lowest BCUT2D eigenvalue weighted by atomic mass is 10.1. The van der Waals surface area contributed by atoms with Crippen LogP contribution < -0.4 is 16.0 Å². The summed E-state index contributed by atoms with van der Waals surface area (Å²) in [5.74, 6) is -1.03. The summed E-state index contributed by atoms with van der Waals surface area (Å²) in [6.45, 7) is 2.23. The Hall–Kier alpha value is -3.28. The molecule has 0 heterocycles. The third-order valence-corrected chi connectivity index (χ3v) is 3.48. The van der Waals surface area contributed by atoms with Crippen molar-refractivity contribution in [3.63, 3.8) is 0 Å². The molecule has 0 radical (unpaired) electrons. The number of aliphatic carboxylic acids is 1. The number of carbonyl (C=O) groups is 2. The van der Waals surface area contributed by atoms with Crippen LogP contribution in [0.25, 0.3) is 0 Å². The summed E-state index contributed by atoms with van der Waals surface area (Å²) in [6.07, 6.45) is 0.932. The van der Waals surface area contributed by atoms with Crippen molar-refractivity contribution >= 4 is 12.0 Å². The first-order valence-electron chi connectivity index (χ1n) is 7.89. The molecular weight excluding hydrogens is 318 g/mol. The van der Waals surface area contributed by atoms with Crippen LogP contribution in [0, 0.1) is 0 Å². The third-order valence-electron chi connectivity index (χ3n) is 3.48. The lowest BCUT2D eigenvalue weighted by Crippen LogP contribution is -2.39. The fourth-order valence-corrected chi connectivity index (χ4v) is 2.24. The Balaban J connectivity index is 1.95. The molecule has 0 fully saturated rings. The van der Waals surface area contributed by atoms with Crippen LogP contribution in [-0.4, -0.2) is 17.1 Å². The van der Waals surface area contributed by atoms with Crippen molar-refractivity contribution in [1.82, 2.24) is 16.0 Å². The summed E-state index contributed by atoms with van der Waals surface area (Å²) in [6, 6.07) is 18.3. The highest BCUT2D eigenvalue weighted by atomic mass is 16.4. The minimum Gasteiger partial charge on any atom is -0.478 e. The van der Waals surface area contributed by atoms with Crippen LogP contribution in [0.15, 0.2) is 72.6 Å². The topological polar surface area (TPSA) is 90.5 Å². The number of benzene rings is 2. The summed E-state index contributed by atoms with van der Waals surface area (Å²) >= 11 is 0. The normalized spacial score (nSPS) is 12.1. The summed E-state index contributed by atoms with van der Waals surface area (Å²) < 4.78 is 0. The molecule has 2 amide bonds. The van der Waals surface area contributed by atoms with E-state index in [0.717, 1.165) is 17.2 Å². The second-order valence-electron chi connectivity index (χ2n) is 5.47. The Kier molecular flexibility index (Phi) is 6.59. The van der Waals surface area contributed by atoms with Crippen molar-refractivity contribution in [2.45, 2.75) is 19.5 Å². The Labute approximate surface area is 146 Å². The molecule has 0 spiro atoms. The van der Waals surface area contributed by atoms with Gasteiger partial charge in [0.05, 0.1) is 6.08 Å². The van der Waals surface area contributed by atoms with Gasteiger partial charge < -0.3 is 15.7 Å². The van der Waals surface area contributed by atoms with E-state index in [4.69, 9.17) is 5.11 Å². The number of carbonyl (C=O) groups excluding carboxylic acids is 1. The van der Waals surface area contributed by atoms with E-state index >= 15 is 0 Å². The van der Waals surface area contributed by atoms with Gasteiger partial charge in [0.1, 0.15) is 5.82 Å². The van der Waals surface area contributed by atoms with E-state index in [1.807, 2.05) is 67.6 Å². The molecule has 0 unspecified atom stereocenters. The maximum atomic E-state index is 12.0. The number of rotatable bonds is 7. The molecule has 0 aromatic heterocycles. The van der Waals surface area contributed by atoms with Crippen LogP contribution in [0.1, 0.15) is 24.1 Å². The molecule has 6 nitrogen and oxygen atoms in total. The molecule has 0 aliphatic rings. The number of carboxylic acids is 1. The van der Waals surface area contributed by atoms with Gasteiger partial charge in [0.25, 0.3) is 0 Å². The van der Waals surface area contributed by atoms with E-state index < -0.39 is 12.0 Å². The van der Waals surface area contributed by atoms with Crippen molar-refractivity contribution in [3.8, 4) is 0 Å². The number of amides is 2. The van der Waals surface area contributed by atoms with Crippen LogP contribution in [0.3, 0.4) is 0 Å². The number of urea groups is 1. The molecule has 0 saturated heterocycles. The highest BCUT2D eigenvalue weighted by Gasteiger charge is 2.11. The highest BCUT2D eigenvalue weighted by molar-refractivity contribution is 5.83. The molecule has 2 aromatic rings. The summed E-state index contributed by atoms with van der Waals surface area (Å²) in [5.41, 5.74) is 1.93. The van der Waals surface area contributed by atoms with Crippen LogP contribution >= 0.6 is 0 Å². The molecule has 0 aliphatic carbocycles. The molecule has 25 heavy (non-hydrogen) atoms. The molecule has 1 atom stereocenters. The number of carboxylic acid groups (broad SMARTS) is 1. The smallest absolute Gasteiger partial charge is 0.331 e. The largest absolute Gasteiger partial charge is 0.478 e. The van der Waals surface area contributed by atoms with Crippen molar-refractivity contribution in [1.29, 1.82) is 0 Å². The van der Waals surface area contributed by atoms with E-state index in [-0.39, 0.29) is 11.9 Å². The predicted molar refractivity (Wildman–Crippen MR) is 95.5 cm³/mol. The van der Waals surface area contributed by atoms with Crippen molar-refractivity contribution in [3.05, 3.63) is 83.7 Å². The molecule has 0 bridgehead atoms. The van der Waals surface area contributed by atoms with Crippen molar-refractivity contribution in [2.75, 3.05) is 0 Å². The Morgan fingerprint density at radius 1 is 1.04 bits per heavy atom. The molecule has 0 saturated carbocycles. The fraction of sp³-hybridized carbons (Fsp3) is 0.158. The molecule has 4 N–H and O–H groups in total. The van der Waals surface area contributed by atoms with E-state index in [1.54, 1.807) is 0 Å². The standard InChI is InChI=1S/C19H21N3O3/c1-14(16-10-6-3-7-11-16)21-17(12-18(23)24)22-19(25)20-13-15-8-4-2-5-9-15/h2-12,14,21H,13H2,1H3,(H,23,24)(H2,20,22,25)/b17-12-/t14-/m0/s1. The van der Waals surface area contributed by atoms with Gasteiger partial charge in [-0.3, -0.25) is 5.32 Å². The van der Waals surface area contributed by atoms with Gasteiger partial charge in [0.15, 0.2) is 0 Å². The summed E-state index contributed by atoms with van der Waals surface area (Å²) in [7, 11) is 0. The molecule has 2 rings (SSSR count). The number of hydrogen-bond donors (Lipinski definition) is 4. The lowest BCUT2D eigenvalue weighted by molar-refractivity contribution is -0.131. The average molecular weight is 339 g/mol. The zero-order chi connectivity index (χ0) is 18.1. The minimum absolute atomic E-state index is 0.120. The Morgan fingerprint density at radius 3 is 2.24 bits per heavy atom. The van der Waals surface area contributed by atoms with Gasteiger partial charge in [-0.05, 0) is 18.1 Å². The zero-order valence-corrected chi connectivity index (χ0v) is 13.9. The van der Waals surface area contributed by atoms with E-state index in [1.165, 1.54) is 0 Å². The molecule has 0 aliphatic heterocycles. The highest BCUT2D eigenvalue weighted by Crippen LogP contribution is 2.12. The van der Waals surface area contributed by atoms with Crippen LogP contribution in [0.2, 0.25) is 0 Å². The van der Waals surface area contributed by atoms with Gasteiger partial charge in [-0.1, -0.05) is 60.7 Å². The fourth-order valence-electron chi connectivity index (χ4n) is 2.24. The second kappa shape index (κ2) is 9.12. The zero-order valence-electron chi connectivity index (χ0n) is 13.9. The summed E-state index contributed by atoms with van der Waals surface area (Å²) in [5, 5.41) is 17.2. The minimum atomic E-state index is -1.15. The Bertz CT molecular complexity index is 730. The number of hydrogen-bond acceptors (Lipinski definition) is 3. The lowest BCUT2D eigenvalue weighted by Gasteiger charge is -2.19. The maximum Gasteiger partial charge on any atom is 0.331 e. The SMILES string of the molecule is C[C@H](N/C(=C/C(=O)O)NC(=O)NCc1ccccc1)c1ccccc1. The van der Waals surface area contributed by atoms with Crippen LogP contribution in [-0.2, 0) is 11.3 Å². The van der Waals surface area contributed by atoms with Crippen LogP contribution in [0.5, 0.6) is 0 Å². The van der Waals surface area contributed by atoms with Gasteiger partial charge in [0, 0.05) is 12.6 Å². The first-order valence-corrected chi connectivity index (χ1v) is 7.89. The van der Waals surface area contributed by atoms with Crippen molar-refractivity contribution in [2.24, 2.45) is 0 Å². The average Bonchev–Trinajstić information content (AvgIpc) is 2.61. The molecule has 6 heteroatoms. The van der Waals surface area contributed by atoms with E-state index in [2.05, 4.69) is 16.0 Å². The second-order valence-corrected chi connectivity index (χ2v) is 5.47. The molecular formula is C19H21N3O3. The van der Waals surface area contributed by atoms with Gasteiger partial charge in [0.2, 0.25) is 0 Å². The monoisotopic (exact) mass is 339 g/mol. The predicted octanol–water partition coefficient (Wildman–Crippen LogP) is 2.76. The molecule has 130 valence electrons. The maximum absolute atomic E-state index is 12.0. The Morgan fingerprint density at radius 2 is 1.64 bits per heavy atom. The first kappa shape index (κ1) is 18.1. The van der Waals surface area contributed by atoms with E-state index in [9.17, 15) is 9.59 Å². The van der Waals surface area contributed by atoms with Gasteiger partial charge in [-0.15, -0.1) is 0 Å². The first-order chi connectivity index (χ1) is 12.0. The molecule has 2 aromatic carbocycles. The van der Waals surface area contributed by atoms with Gasteiger partial charge in [-0.25, -0.2) is 9.59 Å².